The van der Waals surface area contributed by atoms with E-state index in [1.165, 1.54) is 16.7 Å². The van der Waals surface area contributed by atoms with Gasteiger partial charge in [0.1, 0.15) is 0 Å². The molecule has 0 bridgehead atoms. The van der Waals surface area contributed by atoms with Crippen LogP contribution in [0.5, 0.6) is 0 Å². The molecule has 1 aliphatic heterocycles. The molecule has 0 aromatic heterocycles. The highest BCUT2D eigenvalue weighted by molar-refractivity contribution is 5.73. The molecule has 2 rings (SSSR count). The molecule has 0 spiro atoms. The minimum absolute atomic E-state index is 0.0251. The number of allylic oxidation sites excluding steroid dienone is 1. The molecule has 18 heavy (non-hydrogen) atoms. The van der Waals surface area contributed by atoms with Crippen LogP contribution < -0.4 is 0 Å². The summed E-state index contributed by atoms with van der Waals surface area (Å²) in [4.78, 5) is 11.6. The molecule has 2 nitrogen and oxygen atoms in total. The summed E-state index contributed by atoms with van der Waals surface area (Å²) in [5.41, 5.74) is 3.87. The fourth-order valence-corrected chi connectivity index (χ4v) is 2.45. The summed E-state index contributed by atoms with van der Waals surface area (Å²) in [6.07, 6.45) is 3.38. The van der Waals surface area contributed by atoms with E-state index in [2.05, 4.69) is 38.6 Å². The van der Waals surface area contributed by atoms with Crippen LogP contribution in [0.25, 0.3) is 0 Å². The summed E-state index contributed by atoms with van der Waals surface area (Å²) in [6.45, 7) is 8.45. The van der Waals surface area contributed by atoms with Crippen molar-refractivity contribution in [1.82, 2.24) is 0 Å². The predicted molar refractivity (Wildman–Crippen MR) is 72.5 cm³/mol. The van der Waals surface area contributed by atoms with Crippen molar-refractivity contribution in [2.75, 3.05) is 6.61 Å². The number of carbonyl (C=O) groups is 1. The lowest BCUT2D eigenvalue weighted by Gasteiger charge is -2.28. The smallest absolute Gasteiger partial charge is 0.309 e. The van der Waals surface area contributed by atoms with Crippen molar-refractivity contribution in [3.05, 3.63) is 47.5 Å². The number of ether oxygens (including phenoxy) is 1. The summed E-state index contributed by atoms with van der Waals surface area (Å²) in [7, 11) is 0. The highest BCUT2D eigenvalue weighted by atomic mass is 16.5. The molecule has 96 valence electrons. The van der Waals surface area contributed by atoms with E-state index in [1.54, 1.807) is 6.08 Å². The van der Waals surface area contributed by atoms with E-state index in [4.69, 9.17) is 4.74 Å². The van der Waals surface area contributed by atoms with E-state index in [0.717, 1.165) is 6.42 Å². The van der Waals surface area contributed by atoms with Gasteiger partial charge in [0.2, 0.25) is 0 Å². The summed E-state index contributed by atoms with van der Waals surface area (Å²) >= 11 is 0. The first kappa shape index (κ1) is 12.9. The Hall–Kier alpha value is -1.57. The number of aryl methyl sites for hydroxylation is 2. The van der Waals surface area contributed by atoms with Crippen LogP contribution >= 0.6 is 0 Å². The van der Waals surface area contributed by atoms with Crippen LogP contribution in [0.15, 0.2) is 30.9 Å². The first-order valence-electron chi connectivity index (χ1n) is 6.46. The van der Waals surface area contributed by atoms with Crippen LogP contribution in [0, 0.1) is 19.8 Å². The van der Waals surface area contributed by atoms with E-state index < -0.39 is 0 Å². The molecule has 0 N–H and O–H groups in total. The molecular formula is C16H20O2. The number of hydrogen-bond donors (Lipinski definition) is 0. The highest BCUT2D eigenvalue weighted by Gasteiger charge is 2.30. The maximum Gasteiger partial charge on any atom is 0.309 e. The van der Waals surface area contributed by atoms with E-state index in [1.807, 2.05) is 0 Å². The molecule has 1 fully saturated rings. The number of hydrogen-bond acceptors (Lipinski definition) is 2. The van der Waals surface area contributed by atoms with Gasteiger partial charge in [-0.3, -0.25) is 4.79 Å². The Bertz CT molecular complexity index is 462. The van der Waals surface area contributed by atoms with Crippen molar-refractivity contribution in [2.45, 2.75) is 32.6 Å². The fraction of sp³-hybridized carbons (Fsp3) is 0.438. The lowest BCUT2D eigenvalue weighted by Crippen LogP contribution is -2.29. The van der Waals surface area contributed by atoms with Gasteiger partial charge >= 0.3 is 5.97 Å². The van der Waals surface area contributed by atoms with Gasteiger partial charge in [0, 0.05) is 5.92 Å². The first-order chi connectivity index (χ1) is 8.61. The lowest BCUT2D eigenvalue weighted by atomic mass is 9.85. The molecule has 1 saturated heterocycles. The summed E-state index contributed by atoms with van der Waals surface area (Å²) in [5, 5.41) is 0. The lowest BCUT2D eigenvalue weighted by molar-refractivity contribution is -0.153. The maximum absolute atomic E-state index is 11.6. The van der Waals surface area contributed by atoms with Crippen LogP contribution in [0.1, 0.15) is 35.4 Å². The van der Waals surface area contributed by atoms with Gasteiger partial charge in [-0.05, 0) is 43.4 Å². The van der Waals surface area contributed by atoms with Crippen molar-refractivity contribution >= 4 is 5.97 Å². The van der Waals surface area contributed by atoms with Crippen molar-refractivity contribution in [1.29, 1.82) is 0 Å². The molecule has 1 aliphatic rings. The van der Waals surface area contributed by atoms with Gasteiger partial charge in [-0.25, -0.2) is 0 Å². The van der Waals surface area contributed by atoms with Crippen LogP contribution in [-0.2, 0) is 9.53 Å². The minimum Gasteiger partial charge on any atom is -0.465 e. The molecular weight excluding hydrogens is 224 g/mol. The van der Waals surface area contributed by atoms with Crippen molar-refractivity contribution in [2.24, 2.45) is 5.92 Å². The number of cyclic esters (lactones) is 1. The summed E-state index contributed by atoms with van der Waals surface area (Å²) in [6, 6.07) is 6.50. The summed E-state index contributed by atoms with van der Waals surface area (Å²) in [5.74, 6) is 0.227. The average molecular weight is 244 g/mol. The Labute approximate surface area is 109 Å². The quantitative estimate of drug-likeness (QED) is 0.600. The number of benzene rings is 1. The maximum atomic E-state index is 11.6. The number of esters is 1. The van der Waals surface area contributed by atoms with Crippen LogP contribution in [0.3, 0.4) is 0 Å². The Morgan fingerprint density at radius 2 is 2.17 bits per heavy atom. The third kappa shape index (κ3) is 2.63. The standard InChI is InChI=1S/C16H20O2/c1-4-5-14-9-15(10-18-16(14)17)13-7-6-11(2)12(3)8-13/h4,6-8,14-15H,1,5,9-10H2,2-3H3. The average Bonchev–Trinajstić information content (AvgIpc) is 2.36. The molecule has 0 amide bonds. The number of carbonyl (C=O) groups excluding carboxylic acids is 1. The zero-order chi connectivity index (χ0) is 13.1. The van der Waals surface area contributed by atoms with Gasteiger partial charge in [0.05, 0.1) is 12.5 Å². The SMILES string of the molecule is C=CCC1CC(c2ccc(C)c(C)c2)COC1=O. The molecule has 0 radical (unpaired) electrons. The van der Waals surface area contributed by atoms with Crippen molar-refractivity contribution < 1.29 is 9.53 Å². The van der Waals surface area contributed by atoms with Gasteiger partial charge in [-0.2, -0.15) is 0 Å². The highest BCUT2D eigenvalue weighted by Crippen LogP contribution is 2.32. The third-order valence-corrected chi connectivity index (χ3v) is 3.78. The fourth-order valence-electron chi connectivity index (χ4n) is 2.45. The molecule has 1 aromatic rings. The van der Waals surface area contributed by atoms with E-state index in [-0.39, 0.29) is 11.9 Å². The predicted octanol–water partition coefficient (Wildman–Crippen LogP) is 3.53. The van der Waals surface area contributed by atoms with E-state index in [0.29, 0.717) is 18.9 Å². The molecule has 0 aliphatic carbocycles. The van der Waals surface area contributed by atoms with Crippen LogP contribution in [0.2, 0.25) is 0 Å². The normalized spacial score (nSPS) is 23.6. The second kappa shape index (κ2) is 5.38. The van der Waals surface area contributed by atoms with Gasteiger partial charge in [-0.1, -0.05) is 24.3 Å². The van der Waals surface area contributed by atoms with Crippen molar-refractivity contribution in [3.8, 4) is 0 Å². The van der Waals surface area contributed by atoms with Gasteiger partial charge in [-0.15, -0.1) is 6.58 Å². The third-order valence-electron chi connectivity index (χ3n) is 3.78. The van der Waals surface area contributed by atoms with E-state index >= 15 is 0 Å². The second-order valence-corrected chi connectivity index (χ2v) is 5.13. The monoisotopic (exact) mass is 244 g/mol. The molecule has 0 saturated carbocycles. The van der Waals surface area contributed by atoms with Gasteiger partial charge in [0.25, 0.3) is 0 Å². The molecule has 2 unspecified atom stereocenters. The van der Waals surface area contributed by atoms with Crippen LogP contribution in [-0.4, -0.2) is 12.6 Å². The zero-order valence-corrected chi connectivity index (χ0v) is 11.1. The topological polar surface area (TPSA) is 26.3 Å². The van der Waals surface area contributed by atoms with Crippen molar-refractivity contribution in [3.63, 3.8) is 0 Å². The molecule has 2 atom stereocenters. The van der Waals surface area contributed by atoms with E-state index in [9.17, 15) is 4.79 Å². The molecule has 2 heteroatoms. The Morgan fingerprint density at radius 1 is 1.39 bits per heavy atom. The largest absolute Gasteiger partial charge is 0.465 e. The first-order valence-corrected chi connectivity index (χ1v) is 6.46. The van der Waals surface area contributed by atoms with Crippen LogP contribution in [0.4, 0.5) is 0 Å². The Balaban J connectivity index is 2.15. The van der Waals surface area contributed by atoms with Gasteiger partial charge < -0.3 is 4.74 Å². The number of rotatable bonds is 3. The minimum atomic E-state index is -0.0741. The molecule has 1 heterocycles. The van der Waals surface area contributed by atoms with Gasteiger partial charge in [0.15, 0.2) is 0 Å². The second-order valence-electron chi connectivity index (χ2n) is 5.13. The Kier molecular flexibility index (Phi) is 3.85. The molecule has 1 aromatic carbocycles. The summed E-state index contributed by atoms with van der Waals surface area (Å²) < 4.78 is 5.29. The zero-order valence-electron chi connectivity index (χ0n) is 11.1. The Morgan fingerprint density at radius 3 is 2.83 bits per heavy atom.